The number of benzene rings is 1. The normalized spacial score (nSPS) is 12.2. The fraction of sp³-hybridized carbons (Fsp3) is 0.222. The zero-order valence-electron chi connectivity index (χ0n) is 6.60. The number of halogens is 3. The second-order valence-electron chi connectivity index (χ2n) is 2.47. The Kier molecular flexibility index (Phi) is 2.91. The molecule has 1 atom stereocenters. The van der Waals surface area contributed by atoms with Gasteiger partial charge in [0.25, 0.3) is 0 Å². The Morgan fingerprint density at radius 2 is 2.15 bits per heavy atom. The fourth-order valence-electron chi connectivity index (χ4n) is 0.906. The number of nitrogens with zero attached hydrogens (tertiary/aromatic N) is 1. The van der Waals surface area contributed by atoms with Crippen LogP contribution in [0.25, 0.3) is 0 Å². The molecule has 0 bridgehead atoms. The minimum Gasteiger partial charge on any atom is -0.248 e. The highest BCUT2D eigenvalue weighted by atomic mass is 19.2. The van der Waals surface area contributed by atoms with Crippen molar-refractivity contribution < 1.29 is 13.2 Å². The van der Waals surface area contributed by atoms with E-state index < -0.39 is 18.7 Å². The summed E-state index contributed by atoms with van der Waals surface area (Å²) in [7, 11) is 0. The molecule has 1 nitrogen and oxygen atoms in total. The van der Waals surface area contributed by atoms with E-state index in [-0.39, 0.29) is 11.1 Å². The van der Waals surface area contributed by atoms with Crippen molar-refractivity contribution in [2.24, 2.45) is 0 Å². The van der Waals surface area contributed by atoms with Gasteiger partial charge in [-0.05, 0) is 17.7 Å². The van der Waals surface area contributed by atoms with Gasteiger partial charge in [-0.1, -0.05) is 6.07 Å². The molecule has 0 fully saturated rings. The highest BCUT2D eigenvalue weighted by Crippen LogP contribution is 2.20. The molecule has 13 heavy (non-hydrogen) atoms. The van der Waals surface area contributed by atoms with Gasteiger partial charge in [-0.15, -0.1) is 0 Å². The van der Waals surface area contributed by atoms with Gasteiger partial charge < -0.3 is 0 Å². The van der Waals surface area contributed by atoms with Crippen LogP contribution in [-0.4, -0.2) is 6.67 Å². The molecule has 0 N–H and O–H groups in total. The highest BCUT2D eigenvalue weighted by Gasteiger charge is 2.11. The van der Waals surface area contributed by atoms with Crippen LogP contribution in [0.5, 0.6) is 0 Å². The standard InChI is InChI=1S/C9H6F3N/c10-4-9(12)6-1-2-7(5-13)8(11)3-6/h1-3,9H,4H2/t9-/m1/s1. The smallest absolute Gasteiger partial charge is 0.153 e. The average Bonchev–Trinajstić information content (AvgIpc) is 2.16. The van der Waals surface area contributed by atoms with Crippen LogP contribution in [-0.2, 0) is 0 Å². The van der Waals surface area contributed by atoms with Crippen LogP contribution in [0.1, 0.15) is 17.3 Å². The summed E-state index contributed by atoms with van der Waals surface area (Å²) in [6.45, 7) is -1.19. The van der Waals surface area contributed by atoms with E-state index in [9.17, 15) is 13.2 Å². The molecule has 0 aliphatic rings. The number of alkyl halides is 2. The van der Waals surface area contributed by atoms with Gasteiger partial charge >= 0.3 is 0 Å². The van der Waals surface area contributed by atoms with Crippen molar-refractivity contribution in [3.05, 3.63) is 35.1 Å². The third-order valence-electron chi connectivity index (χ3n) is 1.61. The molecule has 0 unspecified atom stereocenters. The molecule has 0 amide bonds. The van der Waals surface area contributed by atoms with Crippen molar-refractivity contribution in [2.75, 3.05) is 6.67 Å². The van der Waals surface area contributed by atoms with E-state index in [0.717, 1.165) is 12.1 Å². The van der Waals surface area contributed by atoms with Crippen LogP contribution in [0.2, 0.25) is 0 Å². The monoisotopic (exact) mass is 185 g/mol. The molecule has 1 aromatic rings. The first kappa shape index (κ1) is 9.59. The van der Waals surface area contributed by atoms with Crippen LogP contribution < -0.4 is 0 Å². The van der Waals surface area contributed by atoms with Crippen LogP contribution in [0.15, 0.2) is 18.2 Å². The van der Waals surface area contributed by atoms with Gasteiger partial charge in [-0.25, -0.2) is 13.2 Å². The largest absolute Gasteiger partial charge is 0.248 e. The summed E-state index contributed by atoms with van der Waals surface area (Å²) in [6.07, 6.45) is -1.82. The lowest BCUT2D eigenvalue weighted by atomic mass is 10.1. The summed E-state index contributed by atoms with van der Waals surface area (Å²) in [4.78, 5) is 0. The van der Waals surface area contributed by atoms with Gasteiger partial charge in [0.15, 0.2) is 6.17 Å². The summed E-state index contributed by atoms with van der Waals surface area (Å²) < 4.78 is 37.3. The molecule has 1 aromatic carbocycles. The van der Waals surface area contributed by atoms with E-state index in [1.54, 1.807) is 6.07 Å². The Labute approximate surface area is 73.4 Å². The Hall–Kier alpha value is -1.50. The highest BCUT2D eigenvalue weighted by molar-refractivity contribution is 5.34. The third kappa shape index (κ3) is 2.00. The van der Waals surface area contributed by atoms with Crippen molar-refractivity contribution in [2.45, 2.75) is 6.17 Å². The summed E-state index contributed by atoms with van der Waals surface area (Å²) in [5, 5.41) is 8.35. The first-order valence-electron chi connectivity index (χ1n) is 3.58. The van der Waals surface area contributed by atoms with Crippen molar-refractivity contribution in [1.82, 2.24) is 0 Å². The van der Waals surface area contributed by atoms with Gasteiger partial charge in [0.1, 0.15) is 18.6 Å². The topological polar surface area (TPSA) is 23.8 Å². The lowest BCUT2D eigenvalue weighted by Gasteiger charge is -2.03. The van der Waals surface area contributed by atoms with Crippen LogP contribution in [0.4, 0.5) is 13.2 Å². The predicted octanol–water partition coefficient (Wildman–Crippen LogP) is 2.68. The molecule has 0 saturated carbocycles. The molecule has 0 saturated heterocycles. The van der Waals surface area contributed by atoms with Gasteiger partial charge in [0.05, 0.1) is 5.56 Å². The fourth-order valence-corrected chi connectivity index (χ4v) is 0.906. The van der Waals surface area contributed by atoms with E-state index in [0.29, 0.717) is 0 Å². The molecular weight excluding hydrogens is 179 g/mol. The summed E-state index contributed by atoms with van der Waals surface area (Å²) in [6, 6.07) is 4.76. The molecule has 0 aromatic heterocycles. The molecule has 1 rings (SSSR count). The molecule has 0 heterocycles. The molecule has 0 aliphatic heterocycles. The number of hydrogen-bond donors (Lipinski definition) is 0. The lowest BCUT2D eigenvalue weighted by Crippen LogP contribution is -1.95. The van der Waals surface area contributed by atoms with Gasteiger partial charge in [0, 0.05) is 0 Å². The number of hydrogen-bond acceptors (Lipinski definition) is 1. The van der Waals surface area contributed by atoms with E-state index in [1.165, 1.54) is 6.07 Å². The number of rotatable bonds is 2. The first-order valence-corrected chi connectivity index (χ1v) is 3.58. The summed E-state index contributed by atoms with van der Waals surface area (Å²) >= 11 is 0. The van der Waals surface area contributed by atoms with Crippen molar-refractivity contribution in [3.8, 4) is 6.07 Å². The SMILES string of the molecule is N#Cc1ccc([C@H](F)CF)cc1F. The Morgan fingerprint density at radius 1 is 1.46 bits per heavy atom. The summed E-state index contributed by atoms with van der Waals surface area (Å²) in [5.41, 5.74) is -0.256. The molecule has 4 heteroatoms. The molecule has 0 aliphatic carbocycles. The zero-order valence-corrected chi connectivity index (χ0v) is 6.60. The second kappa shape index (κ2) is 3.94. The Balaban J connectivity index is 3.04. The van der Waals surface area contributed by atoms with Crippen LogP contribution >= 0.6 is 0 Å². The quantitative estimate of drug-likeness (QED) is 0.694. The van der Waals surface area contributed by atoms with Crippen molar-refractivity contribution >= 4 is 0 Å². The van der Waals surface area contributed by atoms with Crippen molar-refractivity contribution in [1.29, 1.82) is 5.26 Å². The van der Waals surface area contributed by atoms with Crippen LogP contribution in [0.3, 0.4) is 0 Å². The maximum Gasteiger partial charge on any atom is 0.153 e. The predicted molar refractivity (Wildman–Crippen MR) is 40.9 cm³/mol. The Bertz CT molecular complexity index is 343. The minimum atomic E-state index is -1.82. The van der Waals surface area contributed by atoms with E-state index in [2.05, 4.69) is 0 Å². The van der Waals surface area contributed by atoms with Gasteiger partial charge in [-0.3, -0.25) is 0 Å². The maximum absolute atomic E-state index is 12.8. The molecule has 68 valence electrons. The van der Waals surface area contributed by atoms with E-state index in [1.807, 2.05) is 0 Å². The first-order chi connectivity index (χ1) is 6.19. The maximum atomic E-state index is 12.8. The van der Waals surface area contributed by atoms with Gasteiger partial charge in [0.2, 0.25) is 0 Å². The third-order valence-corrected chi connectivity index (χ3v) is 1.61. The second-order valence-corrected chi connectivity index (χ2v) is 2.47. The van der Waals surface area contributed by atoms with Crippen LogP contribution in [0, 0.1) is 17.1 Å². The number of nitriles is 1. The molecule has 0 spiro atoms. The zero-order chi connectivity index (χ0) is 9.84. The van der Waals surface area contributed by atoms with E-state index in [4.69, 9.17) is 5.26 Å². The minimum absolute atomic E-state index is 0.0843. The summed E-state index contributed by atoms with van der Waals surface area (Å²) in [5.74, 6) is -0.823. The Morgan fingerprint density at radius 3 is 2.62 bits per heavy atom. The lowest BCUT2D eigenvalue weighted by molar-refractivity contribution is 0.265. The van der Waals surface area contributed by atoms with Crippen molar-refractivity contribution in [3.63, 3.8) is 0 Å². The molecule has 0 radical (unpaired) electrons. The van der Waals surface area contributed by atoms with E-state index >= 15 is 0 Å². The van der Waals surface area contributed by atoms with Gasteiger partial charge in [-0.2, -0.15) is 5.26 Å². The average molecular weight is 185 g/mol. The molecular formula is C9H6F3N.